The van der Waals surface area contributed by atoms with Crippen LogP contribution in [-0.4, -0.2) is 30.8 Å². The third-order valence-corrected chi connectivity index (χ3v) is 4.55. The van der Waals surface area contributed by atoms with Gasteiger partial charge in [0.05, 0.1) is 12.8 Å². The Balaban J connectivity index is 2.13. The predicted molar refractivity (Wildman–Crippen MR) is 69.5 cm³/mol. The fourth-order valence-corrected chi connectivity index (χ4v) is 3.58. The molecule has 0 aromatic rings. The highest BCUT2D eigenvalue weighted by atomic mass is 32.1. The van der Waals surface area contributed by atoms with E-state index in [0.717, 1.165) is 17.8 Å². The fourth-order valence-electron chi connectivity index (χ4n) is 3.23. The van der Waals surface area contributed by atoms with Gasteiger partial charge in [-0.1, -0.05) is 50.1 Å². The molecule has 3 atom stereocenters. The minimum Gasteiger partial charge on any atom is -0.366 e. The van der Waals surface area contributed by atoms with Crippen molar-refractivity contribution in [1.29, 1.82) is 0 Å². The predicted octanol–water partition coefficient (Wildman–Crippen LogP) is 2.95. The normalized spacial score (nSPS) is 42.3. The highest BCUT2D eigenvalue weighted by molar-refractivity contribution is 7.80. The molecule has 1 heterocycles. The molecule has 2 aliphatic rings. The topological polar surface area (TPSA) is 3.24 Å². The Morgan fingerprint density at radius 1 is 1.47 bits per heavy atom. The van der Waals surface area contributed by atoms with Gasteiger partial charge < -0.3 is 4.90 Å². The van der Waals surface area contributed by atoms with Crippen LogP contribution in [0.4, 0.5) is 0 Å². The van der Waals surface area contributed by atoms with Crippen LogP contribution < -0.4 is 0 Å². The molecule has 2 fully saturated rings. The molecule has 0 N–H and O–H groups in total. The van der Waals surface area contributed by atoms with Crippen molar-refractivity contribution in [1.82, 2.24) is 4.90 Å². The van der Waals surface area contributed by atoms with E-state index in [0.29, 0.717) is 12.0 Å². The lowest BCUT2D eigenvalue weighted by atomic mass is 9.60. The zero-order valence-electron chi connectivity index (χ0n) is 9.83. The number of nitrogens with zero attached hydrogens (tertiary/aromatic N) is 1. The number of hydrogen-bond acceptors (Lipinski definition) is 1. The molecular weight excluding hydrogens is 201 g/mol. The molecular formula is C12H20BNS. The number of thiocarbonyl (C=S) groups is 1. The lowest BCUT2D eigenvalue weighted by Crippen LogP contribution is -2.33. The van der Waals surface area contributed by atoms with Crippen LogP contribution in [0.3, 0.4) is 0 Å². The van der Waals surface area contributed by atoms with Gasteiger partial charge in [0.25, 0.3) is 0 Å². The van der Waals surface area contributed by atoms with Gasteiger partial charge in [-0.05, 0) is 12.3 Å². The van der Waals surface area contributed by atoms with Gasteiger partial charge in [0, 0.05) is 19.5 Å². The van der Waals surface area contributed by atoms with E-state index in [4.69, 9.17) is 20.1 Å². The van der Waals surface area contributed by atoms with Gasteiger partial charge in [-0.15, -0.1) is 0 Å². The monoisotopic (exact) mass is 221 g/mol. The van der Waals surface area contributed by atoms with Crippen LogP contribution in [-0.2, 0) is 0 Å². The lowest BCUT2D eigenvalue weighted by molar-refractivity contribution is 0.236. The molecule has 0 aromatic carbocycles. The van der Waals surface area contributed by atoms with Gasteiger partial charge in [0.2, 0.25) is 0 Å². The molecule has 3 unspecified atom stereocenters. The lowest BCUT2D eigenvalue weighted by Gasteiger charge is -2.35. The number of likely N-dealkylation sites (tertiary alicyclic amines) is 1. The summed E-state index contributed by atoms with van der Waals surface area (Å²) < 4.78 is 0. The molecule has 82 valence electrons. The Bertz CT molecular complexity index is 264. The maximum Gasteiger partial charge on any atom is 0.0782 e. The van der Waals surface area contributed by atoms with Crippen molar-refractivity contribution in [2.75, 3.05) is 7.05 Å². The Kier molecular flexibility index (Phi) is 3.11. The maximum absolute atomic E-state index is 6.33. The zero-order chi connectivity index (χ0) is 11.1. The summed E-state index contributed by atoms with van der Waals surface area (Å²) in [6.07, 6.45) is 7.28. The SMILES string of the molecule is [B]C1(C)CCCCC2C(CC(=S)N2C)C1. The Morgan fingerprint density at radius 2 is 2.20 bits per heavy atom. The molecule has 3 heteroatoms. The average Bonchev–Trinajstić information content (AvgIpc) is 2.35. The summed E-state index contributed by atoms with van der Waals surface area (Å²) in [7, 11) is 8.49. The van der Waals surface area contributed by atoms with Crippen molar-refractivity contribution < 1.29 is 0 Å². The Labute approximate surface area is 100 Å². The zero-order valence-corrected chi connectivity index (χ0v) is 10.6. The Hall–Kier alpha value is -0.0451. The third kappa shape index (κ3) is 2.38. The van der Waals surface area contributed by atoms with Crippen LogP contribution in [0.2, 0.25) is 5.31 Å². The largest absolute Gasteiger partial charge is 0.366 e. The van der Waals surface area contributed by atoms with Crippen molar-refractivity contribution in [3.05, 3.63) is 0 Å². The quantitative estimate of drug-likeness (QED) is 0.457. The molecule has 1 aliphatic heterocycles. The minimum absolute atomic E-state index is 0.0319. The average molecular weight is 221 g/mol. The van der Waals surface area contributed by atoms with Gasteiger partial charge in [-0.25, -0.2) is 0 Å². The molecule has 0 aromatic heterocycles. The summed E-state index contributed by atoms with van der Waals surface area (Å²) in [6.45, 7) is 2.21. The summed E-state index contributed by atoms with van der Waals surface area (Å²) in [5.41, 5.74) is 0. The van der Waals surface area contributed by atoms with Gasteiger partial charge in [-0.2, -0.15) is 0 Å². The third-order valence-electron chi connectivity index (χ3n) is 4.10. The first-order valence-electron chi connectivity index (χ1n) is 6.04. The van der Waals surface area contributed by atoms with E-state index < -0.39 is 0 Å². The molecule has 15 heavy (non-hydrogen) atoms. The van der Waals surface area contributed by atoms with Crippen LogP contribution in [0.1, 0.15) is 45.4 Å². The van der Waals surface area contributed by atoms with Crippen LogP contribution in [0.5, 0.6) is 0 Å². The van der Waals surface area contributed by atoms with Crippen LogP contribution in [0, 0.1) is 5.92 Å². The molecule has 1 aliphatic carbocycles. The van der Waals surface area contributed by atoms with E-state index in [-0.39, 0.29) is 5.31 Å². The minimum atomic E-state index is 0.0319. The number of hydrogen-bond donors (Lipinski definition) is 0. The van der Waals surface area contributed by atoms with Crippen molar-refractivity contribution >= 4 is 25.1 Å². The standard InChI is InChI=1S/C12H20BNS/c1-12(13)6-4-3-5-10-9(8-12)7-11(15)14(10)2/h9-10H,3-8H2,1-2H3. The summed E-state index contributed by atoms with van der Waals surface area (Å²) >= 11 is 5.40. The van der Waals surface area contributed by atoms with E-state index in [9.17, 15) is 0 Å². The van der Waals surface area contributed by atoms with Gasteiger partial charge in [0.1, 0.15) is 0 Å². The molecule has 2 rings (SSSR count). The van der Waals surface area contributed by atoms with E-state index in [1.165, 1.54) is 25.7 Å². The highest BCUT2D eigenvalue weighted by Crippen LogP contribution is 2.44. The summed E-state index contributed by atoms with van der Waals surface area (Å²) in [5.74, 6) is 0.706. The summed E-state index contributed by atoms with van der Waals surface area (Å²) in [4.78, 5) is 3.46. The molecule has 0 amide bonds. The van der Waals surface area contributed by atoms with Crippen LogP contribution in [0.15, 0.2) is 0 Å². The number of rotatable bonds is 0. The van der Waals surface area contributed by atoms with Crippen molar-refractivity contribution in [2.24, 2.45) is 5.92 Å². The Morgan fingerprint density at radius 3 is 2.93 bits per heavy atom. The van der Waals surface area contributed by atoms with Crippen LogP contribution >= 0.6 is 12.2 Å². The maximum atomic E-state index is 6.33. The van der Waals surface area contributed by atoms with Gasteiger partial charge >= 0.3 is 0 Å². The molecule has 0 spiro atoms. The molecule has 2 radical (unpaired) electrons. The second-order valence-corrected chi connectivity index (χ2v) is 6.11. The first-order chi connectivity index (χ1) is 6.99. The molecule has 1 saturated heterocycles. The van der Waals surface area contributed by atoms with E-state index in [1.807, 2.05) is 0 Å². The first-order valence-corrected chi connectivity index (χ1v) is 6.45. The first kappa shape index (κ1) is 11.4. The van der Waals surface area contributed by atoms with Gasteiger partial charge in [0.15, 0.2) is 0 Å². The van der Waals surface area contributed by atoms with Crippen molar-refractivity contribution in [3.63, 3.8) is 0 Å². The number of fused-ring (bicyclic) bond motifs is 1. The molecule has 1 saturated carbocycles. The van der Waals surface area contributed by atoms with Crippen molar-refractivity contribution in [3.8, 4) is 0 Å². The van der Waals surface area contributed by atoms with Crippen LogP contribution in [0.25, 0.3) is 0 Å². The summed E-state index contributed by atoms with van der Waals surface area (Å²) in [6, 6.07) is 0.667. The van der Waals surface area contributed by atoms with E-state index >= 15 is 0 Å². The molecule has 1 nitrogen and oxygen atoms in total. The van der Waals surface area contributed by atoms with Gasteiger partial charge in [-0.3, -0.25) is 0 Å². The fraction of sp³-hybridized carbons (Fsp3) is 0.917. The smallest absolute Gasteiger partial charge is 0.0782 e. The van der Waals surface area contributed by atoms with E-state index in [2.05, 4.69) is 18.9 Å². The second kappa shape index (κ2) is 4.08. The molecule has 0 bridgehead atoms. The highest BCUT2D eigenvalue weighted by Gasteiger charge is 2.38. The second-order valence-electron chi connectivity index (χ2n) is 5.64. The van der Waals surface area contributed by atoms with E-state index in [1.54, 1.807) is 0 Å². The summed E-state index contributed by atoms with van der Waals surface area (Å²) in [5, 5.41) is 0.0319. The van der Waals surface area contributed by atoms with Crippen molar-refractivity contribution in [2.45, 2.75) is 56.8 Å².